The molecule has 0 saturated carbocycles. The van der Waals surface area contributed by atoms with Crippen LogP contribution in [-0.2, 0) is 11.2 Å². The highest BCUT2D eigenvalue weighted by Crippen LogP contribution is 2.24. The fraction of sp³-hybridized carbons (Fsp3) is 0.500. The molecule has 0 bridgehead atoms. The third kappa shape index (κ3) is 3.91. The SMILES string of the molecule is CC1(C(=O)NCCc2ccccc2F)CCNC1.Cl. The molecule has 2 N–H and O–H groups in total. The second-order valence-electron chi connectivity index (χ2n) is 5.08. The van der Waals surface area contributed by atoms with Crippen LogP contribution in [-0.4, -0.2) is 25.5 Å². The Morgan fingerprint density at radius 2 is 2.21 bits per heavy atom. The molecule has 1 atom stereocenters. The minimum Gasteiger partial charge on any atom is -0.355 e. The molecule has 1 aromatic carbocycles. The Morgan fingerprint density at radius 1 is 1.47 bits per heavy atom. The van der Waals surface area contributed by atoms with Crippen molar-refractivity contribution in [1.82, 2.24) is 10.6 Å². The molecular formula is C14H20ClFN2O. The minimum atomic E-state index is -0.310. The molecule has 19 heavy (non-hydrogen) atoms. The second-order valence-corrected chi connectivity index (χ2v) is 5.08. The molecule has 0 radical (unpaired) electrons. The zero-order valence-corrected chi connectivity index (χ0v) is 11.9. The fourth-order valence-electron chi connectivity index (χ4n) is 2.24. The summed E-state index contributed by atoms with van der Waals surface area (Å²) in [6.07, 6.45) is 1.39. The van der Waals surface area contributed by atoms with Gasteiger partial charge in [-0.2, -0.15) is 0 Å². The van der Waals surface area contributed by atoms with Gasteiger partial charge in [0, 0.05) is 13.1 Å². The summed E-state index contributed by atoms with van der Waals surface area (Å²) in [6.45, 7) is 4.05. The molecule has 106 valence electrons. The van der Waals surface area contributed by atoms with Crippen molar-refractivity contribution >= 4 is 18.3 Å². The van der Waals surface area contributed by atoms with Crippen LogP contribution in [0.4, 0.5) is 4.39 Å². The lowest BCUT2D eigenvalue weighted by atomic mass is 9.89. The molecule has 3 nitrogen and oxygen atoms in total. The number of carbonyl (C=O) groups excluding carboxylic acids is 1. The molecule has 0 aromatic heterocycles. The lowest BCUT2D eigenvalue weighted by molar-refractivity contribution is -0.129. The van der Waals surface area contributed by atoms with Crippen LogP contribution in [0, 0.1) is 11.2 Å². The third-order valence-electron chi connectivity index (χ3n) is 3.55. The summed E-state index contributed by atoms with van der Waals surface area (Å²) >= 11 is 0. The average Bonchev–Trinajstić information content (AvgIpc) is 2.80. The summed E-state index contributed by atoms with van der Waals surface area (Å²) in [5, 5.41) is 6.09. The van der Waals surface area contributed by atoms with E-state index in [0.717, 1.165) is 19.5 Å². The first-order valence-corrected chi connectivity index (χ1v) is 6.34. The van der Waals surface area contributed by atoms with Crippen LogP contribution in [0.2, 0.25) is 0 Å². The first-order chi connectivity index (χ1) is 8.62. The van der Waals surface area contributed by atoms with E-state index >= 15 is 0 Å². The molecule has 5 heteroatoms. The summed E-state index contributed by atoms with van der Waals surface area (Å²) < 4.78 is 13.4. The molecule has 1 unspecified atom stereocenters. The summed E-state index contributed by atoms with van der Waals surface area (Å²) in [7, 11) is 0. The first kappa shape index (κ1) is 15.9. The zero-order valence-electron chi connectivity index (χ0n) is 11.0. The number of carbonyl (C=O) groups is 1. The summed E-state index contributed by atoms with van der Waals surface area (Å²) in [5.41, 5.74) is 0.336. The Hall–Kier alpha value is -1.13. The van der Waals surface area contributed by atoms with Crippen molar-refractivity contribution < 1.29 is 9.18 Å². The molecule has 1 heterocycles. The van der Waals surface area contributed by atoms with E-state index in [1.807, 2.05) is 13.0 Å². The van der Waals surface area contributed by atoms with Crippen molar-refractivity contribution in [2.75, 3.05) is 19.6 Å². The molecule has 0 spiro atoms. The van der Waals surface area contributed by atoms with Gasteiger partial charge in [-0.05, 0) is 37.9 Å². The van der Waals surface area contributed by atoms with Crippen LogP contribution in [0.1, 0.15) is 18.9 Å². The van der Waals surface area contributed by atoms with Gasteiger partial charge in [0.15, 0.2) is 0 Å². The van der Waals surface area contributed by atoms with E-state index in [-0.39, 0.29) is 29.5 Å². The smallest absolute Gasteiger partial charge is 0.227 e. The zero-order chi connectivity index (χ0) is 13.0. The van der Waals surface area contributed by atoms with Gasteiger partial charge in [-0.1, -0.05) is 18.2 Å². The predicted octanol–water partition coefficient (Wildman–Crippen LogP) is 1.91. The van der Waals surface area contributed by atoms with Crippen LogP contribution in [0.25, 0.3) is 0 Å². The highest BCUT2D eigenvalue weighted by molar-refractivity contribution is 5.85. The highest BCUT2D eigenvalue weighted by atomic mass is 35.5. The lowest BCUT2D eigenvalue weighted by Gasteiger charge is -2.21. The number of hydrogen-bond acceptors (Lipinski definition) is 2. The molecular weight excluding hydrogens is 267 g/mol. The number of halogens is 2. The van der Waals surface area contributed by atoms with Crippen LogP contribution < -0.4 is 10.6 Å². The van der Waals surface area contributed by atoms with Gasteiger partial charge in [0.05, 0.1) is 5.41 Å². The average molecular weight is 287 g/mol. The Kier molecular flexibility index (Phi) is 5.76. The standard InChI is InChI=1S/C14H19FN2O.ClH/c1-14(7-9-16-10-14)13(18)17-8-6-11-4-2-3-5-12(11)15;/h2-5,16H,6-10H2,1H3,(H,17,18);1H. The number of amides is 1. The van der Waals surface area contributed by atoms with Gasteiger partial charge in [-0.3, -0.25) is 4.79 Å². The molecule has 1 saturated heterocycles. The lowest BCUT2D eigenvalue weighted by Crippen LogP contribution is -2.41. The van der Waals surface area contributed by atoms with Crippen LogP contribution in [0.5, 0.6) is 0 Å². The highest BCUT2D eigenvalue weighted by Gasteiger charge is 2.35. The quantitative estimate of drug-likeness (QED) is 0.888. The van der Waals surface area contributed by atoms with Gasteiger partial charge < -0.3 is 10.6 Å². The largest absolute Gasteiger partial charge is 0.355 e. The van der Waals surface area contributed by atoms with Gasteiger partial charge in [0.1, 0.15) is 5.82 Å². The van der Waals surface area contributed by atoms with E-state index in [1.54, 1.807) is 12.1 Å². The summed E-state index contributed by atoms with van der Waals surface area (Å²) in [6, 6.07) is 6.67. The van der Waals surface area contributed by atoms with E-state index in [2.05, 4.69) is 10.6 Å². The van der Waals surface area contributed by atoms with Crippen molar-refractivity contribution in [3.05, 3.63) is 35.6 Å². The topological polar surface area (TPSA) is 41.1 Å². The monoisotopic (exact) mass is 286 g/mol. The van der Waals surface area contributed by atoms with Crippen LogP contribution >= 0.6 is 12.4 Å². The maximum absolute atomic E-state index is 13.4. The van der Waals surface area contributed by atoms with Gasteiger partial charge in [0.2, 0.25) is 5.91 Å². The molecule has 1 amide bonds. The third-order valence-corrected chi connectivity index (χ3v) is 3.55. The van der Waals surface area contributed by atoms with E-state index < -0.39 is 0 Å². The number of nitrogens with one attached hydrogen (secondary N) is 2. The predicted molar refractivity (Wildman–Crippen MR) is 76.0 cm³/mol. The Morgan fingerprint density at radius 3 is 2.84 bits per heavy atom. The number of benzene rings is 1. The maximum Gasteiger partial charge on any atom is 0.227 e. The van der Waals surface area contributed by atoms with Gasteiger partial charge in [-0.25, -0.2) is 4.39 Å². The van der Waals surface area contributed by atoms with Gasteiger partial charge >= 0.3 is 0 Å². The fourth-order valence-corrected chi connectivity index (χ4v) is 2.24. The molecule has 1 aliphatic heterocycles. The van der Waals surface area contributed by atoms with Crippen molar-refractivity contribution in [3.63, 3.8) is 0 Å². The molecule has 1 aliphatic rings. The minimum absolute atomic E-state index is 0. The van der Waals surface area contributed by atoms with Gasteiger partial charge in [0.25, 0.3) is 0 Å². The maximum atomic E-state index is 13.4. The van der Waals surface area contributed by atoms with Crippen LogP contribution in [0.15, 0.2) is 24.3 Å². The molecule has 1 aromatic rings. The number of hydrogen-bond donors (Lipinski definition) is 2. The molecule has 0 aliphatic carbocycles. The summed E-state index contributed by atoms with van der Waals surface area (Å²) in [5.74, 6) is -0.149. The van der Waals surface area contributed by atoms with Crippen molar-refractivity contribution in [3.8, 4) is 0 Å². The van der Waals surface area contributed by atoms with E-state index in [4.69, 9.17) is 0 Å². The van der Waals surface area contributed by atoms with Gasteiger partial charge in [-0.15, -0.1) is 12.4 Å². The second kappa shape index (κ2) is 6.87. The van der Waals surface area contributed by atoms with Crippen LogP contribution in [0.3, 0.4) is 0 Å². The van der Waals surface area contributed by atoms with Crippen molar-refractivity contribution in [1.29, 1.82) is 0 Å². The Labute approximate surface area is 119 Å². The normalized spacial score (nSPS) is 21.8. The van der Waals surface area contributed by atoms with Crippen molar-refractivity contribution in [2.24, 2.45) is 5.41 Å². The van der Waals surface area contributed by atoms with E-state index in [9.17, 15) is 9.18 Å². The number of rotatable bonds is 4. The Balaban J connectivity index is 0.00000180. The summed E-state index contributed by atoms with van der Waals surface area (Å²) in [4.78, 5) is 12.0. The Bertz CT molecular complexity index is 433. The molecule has 2 rings (SSSR count). The van der Waals surface area contributed by atoms with E-state index in [0.29, 0.717) is 18.5 Å². The van der Waals surface area contributed by atoms with Crippen molar-refractivity contribution in [2.45, 2.75) is 19.8 Å². The first-order valence-electron chi connectivity index (χ1n) is 6.34. The van der Waals surface area contributed by atoms with E-state index in [1.165, 1.54) is 6.07 Å². The molecule has 1 fully saturated rings.